The van der Waals surface area contributed by atoms with Crippen molar-refractivity contribution < 1.29 is 9.84 Å². The van der Waals surface area contributed by atoms with Crippen LogP contribution in [0.4, 0.5) is 0 Å². The van der Waals surface area contributed by atoms with Crippen molar-refractivity contribution in [3.05, 3.63) is 0 Å². The minimum absolute atomic E-state index is 0.312. The highest BCUT2D eigenvalue weighted by atomic mass is 32.1. The standard InChI is InChI=1S/C13H28O2S/c1-3-4-5-6-7-8-9-10-11-13(14,16)12-15-2/h14,16H,3-12H2,1-2H3. The maximum Gasteiger partial charge on any atom is 0.130 e. The highest BCUT2D eigenvalue weighted by Gasteiger charge is 2.20. The number of methoxy groups -OCH3 is 1. The van der Waals surface area contributed by atoms with E-state index in [-0.39, 0.29) is 0 Å². The largest absolute Gasteiger partial charge is 0.381 e. The van der Waals surface area contributed by atoms with E-state index in [1.54, 1.807) is 7.11 Å². The summed E-state index contributed by atoms with van der Waals surface area (Å²) in [5, 5.41) is 9.73. The number of hydrogen-bond acceptors (Lipinski definition) is 3. The zero-order chi connectivity index (χ0) is 12.3. The molecule has 3 heteroatoms. The molecule has 0 radical (unpaired) electrons. The topological polar surface area (TPSA) is 29.5 Å². The Balaban J connectivity index is 3.20. The van der Waals surface area contributed by atoms with Crippen LogP contribution < -0.4 is 0 Å². The Morgan fingerprint density at radius 3 is 2.00 bits per heavy atom. The number of unbranched alkanes of at least 4 members (excludes halogenated alkanes) is 7. The van der Waals surface area contributed by atoms with Crippen LogP contribution in [-0.4, -0.2) is 23.8 Å². The highest BCUT2D eigenvalue weighted by Crippen LogP contribution is 2.20. The molecule has 0 saturated heterocycles. The average Bonchev–Trinajstić information content (AvgIpc) is 2.22. The van der Waals surface area contributed by atoms with Gasteiger partial charge in [-0.1, -0.05) is 51.9 Å². The molecule has 0 amide bonds. The second kappa shape index (κ2) is 10.4. The quantitative estimate of drug-likeness (QED) is 0.331. The summed E-state index contributed by atoms with van der Waals surface area (Å²) in [6.07, 6.45) is 11.0. The van der Waals surface area contributed by atoms with Crippen molar-refractivity contribution in [2.75, 3.05) is 13.7 Å². The van der Waals surface area contributed by atoms with E-state index in [0.717, 1.165) is 12.8 Å². The van der Waals surface area contributed by atoms with Crippen molar-refractivity contribution in [2.24, 2.45) is 0 Å². The molecule has 2 nitrogen and oxygen atoms in total. The molecule has 0 aliphatic heterocycles. The van der Waals surface area contributed by atoms with Crippen LogP contribution in [0.25, 0.3) is 0 Å². The molecule has 1 N–H and O–H groups in total. The predicted molar refractivity (Wildman–Crippen MR) is 73.0 cm³/mol. The number of hydrogen-bond donors (Lipinski definition) is 2. The maximum atomic E-state index is 9.73. The van der Waals surface area contributed by atoms with Gasteiger partial charge in [-0.05, 0) is 12.8 Å². The Kier molecular flexibility index (Phi) is 10.6. The molecule has 0 spiro atoms. The van der Waals surface area contributed by atoms with Gasteiger partial charge in [0.15, 0.2) is 0 Å². The molecule has 0 aromatic heterocycles. The average molecular weight is 248 g/mol. The lowest BCUT2D eigenvalue weighted by Gasteiger charge is -2.20. The van der Waals surface area contributed by atoms with Crippen molar-refractivity contribution >= 4 is 12.6 Å². The Bertz CT molecular complexity index is 149. The van der Waals surface area contributed by atoms with E-state index in [0.29, 0.717) is 6.61 Å². The summed E-state index contributed by atoms with van der Waals surface area (Å²) in [4.78, 5) is -0.934. The molecule has 98 valence electrons. The summed E-state index contributed by atoms with van der Waals surface area (Å²) in [5.74, 6) is 0. The van der Waals surface area contributed by atoms with E-state index < -0.39 is 4.93 Å². The van der Waals surface area contributed by atoms with Gasteiger partial charge in [0.05, 0.1) is 6.61 Å². The van der Waals surface area contributed by atoms with E-state index in [4.69, 9.17) is 4.74 Å². The van der Waals surface area contributed by atoms with Gasteiger partial charge >= 0.3 is 0 Å². The number of aliphatic hydroxyl groups is 1. The molecule has 16 heavy (non-hydrogen) atoms. The third kappa shape index (κ3) is 10.8. The minimum Gasteiger partial charge on any atom is -0.381 e. The van der Waals surface area contributed by atoms with Crippen molar-refractivity contribution in [3.63, 3.8) is 0 Å². The van der Waals surface area contributed by atoms with Crippen LogP contribution in [0.3, 0.4) is 0 Å². The predicted octanol–water partition coefficient (Wildman–Crippen LogP) is 3.78. The monoisotopic (exact) mass is 248 g/mol. The summed E-state index contributed by atoms with van der Waals surface area (Å²) in [6.45, 7) is 2.55. The fourth-order valence-corrected chi connectivity index (χ4v) is 2.13. The Morgan fingerprint density at radius 1 is 1.00 bits per heavy atom. The van der Waals surface area contributed by atoms with Crippen molar-refractivity contribution in [3.8, 4) is 0 Å². The van der Waals surface area contributed by atoms with Crippen LogP contribution in [0.1, 0.15) is 64.7 Å². The minimum atomic E-state index is -0.934. The fourth-order valence-electron chi connectivity index (χ4n) is 1.85. The van der Waals surface area contributed by atoms with Crippen LogP contribution in [0.15, 0.2) is 0 Å². The highest BCUT2D eigenvalue weighted by molar-refractivity contribution is 7.81. The summed E-state index contributed by atoms with van der Waals surface area (Å²) >= 11 is 4.17. The van der Waals surface area contributed by atoms with Gasteiger partial charge in [0.1, 0.15) is 4.93 Å². The van der Waals surface area contributed by atoms with Crippen LogP contribution in [0, 0.1) is 0 Å². The first-order valence-electron chi connectivity index (χ1n) is 6.56. The Hall–Kier alpha value is 0.270. The summed E-state index contributed by atoms with van der Waals surface area (Å²) in [5.41, 5.74) is 0. The van der Waals surface area contributed by atoms with Gasteiger partial charge < -0.3 is 9.84 Å². The number of thiol groups is 1. The molecule has 0 rings (SSSR count). The second-order valence-electron chi connectivity index (χ2n) is 4.64. The summed E-state index contributed by atoms with van der Waals surface area (Å²) in [6, 6.07) is 0. The van der Waals surface area contributed by atoms with E-state index >= 15 is 0 Å². The molecule has 0 fully saturated rings. The van der Waals surface area contributed by atoms with Crippen molar-refractivity contribution in [1.82, 2.24) is 0 Å². The first kappa shape index (κ1) is 16.3. The first-order chi connectivity index (χ1) is 7.62. The lowest BCUT2D eigenvalue weighted by atomic mass is 10.1. The van der Waals surface area contributed by atoms with E-state index in [1.165, 1.54) is 44.9 Å². The molecule has 0 heterocycles. The van der Waals surface area contributed by atoms with Crippen molar-refractivity contribution in [2.45, 2.75) is 69.6 Å². The molecule has 0 saturated carbocycles. The molecule has 0 aromatic rings. The van der Waals surface area contributed by atoms with E-state index in [1.807, 2.05) is 0 Å². The number of ether oxygens (including phenoxy) is 1. The molecular formula is C13H28O2S. The van der Waals surface area contributed by atoms with Gasteiger partial charge in [0.25, 0.3) is 0 Å². The first-order valence-corrected chi connectivity index (χ1v) is 7.01. The second-order valence-corrected chi connectivity index (χ2v) is 5.47. The maximum absolute atomic E-state index is 9.73. The Labute approximate surface area is 106 Å². The molecule has 0 aromatic carbocycles. The third-order valence-electron chi connectivity index (χ3n) is 2.81. The van der Waals surface area contributed by atoms with E-state index in [9.17, 15) is 5.11 Å². The number of rotatable bonds is 11. The lowest BCUT2D eigenvalue weighted by molar-refractivity contribution is 0.0331. The lowest BCUT2D eigenvalue weighted by Crippen LogP contribution is -2.26. The van der Waals surface area contributed by atoms with Gasteiger partial charge in [0, 0.05) is 7.11 Å². The smallest absolute Gasteiger partial charge is 0.130 e. The molecule has 1 unspecified atom stereocenters. The third-order valence-corrected chi connectivity index (χ3v) is 3.16. The zero-order valence-corrected chi connectivity index (χ0v) is 11.8. The SMILES string of the molecule is CCCCCCCCCCC(O)(S)COC. The van der Waals surface area contributed by atoms with Crippen LogP contribution >= 0.6 is 12.6 Å². The normalized spacial score (nSPS) is 15.0. The molecule has 0 aliphatic carbocycles. The fraction of sp³-hybridized carbons (Fsp3) is 1.00. The Morgan fingerprint density at radius 2 is 1.50 bits per heavy atom. The zero-order valence-electron chi connectivity index (χ0n) is 10.9. The van der Waals surface area contributed by atoms with Gasteiger partial charge in [-0.15, -0.1) is 12.6 Å². The van der Waals surface area contributed by atoms with Gasteiger partial charge in [-0.2, -0.15) is 0 Å². The molecule has 0 bridgehead atoms. The molecular weight excluding hydrogens is 220 g/mol. The summed E-state index contributed by atoms with van der Waals surface area (Å²) in [7, 11) is 1.59. The molecule has 1 atom stereocenters. The van der Waals surface area contributed by atoms with Gasteiger partial charge in [-0.25, -0.2) is 0 Å². The summed E-state index contributed by atoms with van der Waals surface area (Å²) < 4.78 is 4.90. The van der Waals surface area contributed by atoms with Gasteiger partial charge in [-0.3, -0.25) is 0 Å². The van der Waals surface area contributed by atoms with Gasteiger partial charge in [0.2, 0.25) is 0 Å². The van der Waals surface area contributed by atoms with Crippen molar-refractivity contribution in [1.29, 1.82) is 0 Å². The van der Waals surface area contributed by atoms with Crippen LogP contribution in [0.5, 0.6) is 0 Å². The van der Waals surface area contributed by atoms with E-state index in [2.05, 4.69) is 19.6 Å². The molecule has 0 aliphatic rings. The van der Waals surface area contributed by atoms with Crippen LogP contribution in [0.2, 0.25) is 0 Å². The van der Waals surface area contributed by atoms with Crippen LogP contribution in [-0.2, 0) is 4.74 Å².